The lowest BCUT2D eigenvalue weighted by atomic mass is 10.2. The molecule has 0 aliphatic heterocycles. The average Bonchev–Trinajstić information content (AvgIpc) is 2.49. The number of benzene rings is 2. The highest BCUT2D eigenvalue weighted by molar-refractivity contribution is 6.35. The molecular formula is C15H10Cl2N2O2. The van der Waals surface area contributed by atoms with E-state index in [1.54, 1.807) is 42.5 Å². The van der Waals surface area contributed by atoms with Crippen molar-refractivity contribution in [2.75, 3.05) is 11.9 Å². The van der Waals surface area contributed by atoms with Crippen molar-refractivity contribution in [2.45, 2.75) is 0 Å². The first kappa shape index (κ1) is 15.2. The van der Waals surface area contributed by atoms with Gasteiger partial charge in [0.2, 0.25) is 0 Å². The van der Waals surface area contributed by atoms with Crippen molar-refractivity contribution in [1.82, 2.24) is 0 Å². The van der Waals surface area contributed by atoms with Crippen molar-refractivity contribution < 1.29 is 9.53 Å². The van der Waals surface area contributed by atoms with Gasteiger partial charge in [0.15, 0.2) is 6.61 Å². The molecule has 0 bridgehead atoms. The SMILES string of the molecule is N#Cc1ccc(OCC(=O)Nc2cc(Cl)ccc2Cl)cc1. The van der Waals surface area contributed by atoms with Crippen molar-refractivity contribution in [2.24, 2.45) is 0 Å². The van der Waals surface area contributed by atoms with Crippen LogP contribution in [0.5, 0.6) is 5.75 Å². The molecule has 4 nitrogen and oxygen atoms in total. The summed E-state index contributed by atoms with van der Waals surface area (Å²) in [6.07, 6.45) is 0. The molecule has 0 fully saturated rings. The van der Waals surface area contributed by atoms with E-state index in [0.717, 1.165) is 0 Å². The van der Waals surface area contributed by atoms with Crippen molar-refractivity contribution >= 4 is 34.8 Å². The molecule has 2 aromatic carbocycles. The van der Waals surface area contributed by atoms with E-state index in [2.05, 4.69) is 5.32 Å². The normalized spacial score (nSPS) is 9.76. The number of rotatable bonds is 4. The molecule has 0 saturated carbocycles. The Morgan fingerprint density at radius 1 is 1.19 bits per heavy atom. The molecule has 21 heavy (non-hydrogen) atoms. The number of carbonyl (C=O) groups excluding carboxylic acids is 1. The van der Waals surface area contributed by atoms with Gasteiger partial charge in [-0.15, -0.1) is 0 Å². The van der Waals surface area contributed by atoms with Crippen molar-refractivity contribution in [3.63, 3.8) is 0 Å². The zero-order valence-electron chi connectivity index (χ0n) is 10.8. The monoisotopic (exact) mass is 320 g/mol. The number of halogens is 2. The molecular weight excluding hydrogens is 311 g/mol. The number of nitrogens with one attached hydrogen (secondary N) is 1. The van der Waals surface area contributed by atoms with Crippen LogP contribution in [0.4, 0.5) is 5.69 Å². The Morgan fingerprint density at radius 3 is 2.57 bits per heavy atom. The number of hydrogen-bond donors (Lipinski definition) is 1. The Balaban J connectivity index is 1.92. The first-order valence-corrected chi connectivity index (χ1v) is 6.72. The molecule has 0 aliphatic carbocycles. The third-order valence-electron chi connectivity index (χ3n) is 2.56. The van der Waals surface area contributed by atoms with E-state index in [-0.39, 0.29) is 12.5 Å². The average molecular weight is 321 g/mol. The summed E-state index contributed by atoms with van der Waals surface area (Å²) < 4.78 is 5.31. The topological polar surface area (TPSA) is 62.1 Å². The summed E-state index contributed by atoms with van der Waals surface area (Å²) in [5.41, 5.74) is 0.954. The first-order valence-electron chi connectivity index (χ1n) is 5.96. The van der Waals surface area contributed by atoms with Gasteiger partial charge in [0, 0.05) is 5.02 Å². The van der Waals surface area contributed by atoms with Crippen LogP contribution in [-0.4, -0.2) is 12.5 Å². The number of hydrogen-bond acceptors (Lipinski definition) is 3. The minimum absolute atomic E-state index is 0.172. The van der Waals surface area contributed by atoms with Gasteiger partial charge in [0.25, 0.3) is 5.91 Å². The van der Waals surface area contributed by atoms with E-state index in [9.17, 15) is 4.79 Å². The Morgan fingerprint density at radius 2 is 1.90 bits per heavy atom. The van der Waals surface area contributed by atoms with Crippen LogP contribution >= 0.6 is 23.2 Å². The van der Waals surface area contributed by atoms with E-state index in [0.29, 0.717) is 27.0 Å². The lowest BCUT2D eigenvalue weighted by molar-refractivity contribution is -0.118. The van der Waals surface area contributed by atoms with Gasteiger partial charge in [-0.05, 0) is 42.5 Å². The summed E-state index contributed by atoms with van der Waals surface area (Å²) in [5.74, 6) is 0.143. The number of ether oxygens (including phenoxy) is 1. The zero-order valence-corrected chi connectivity index (χ0v) is 12.3. The van der Waals surface area contributed by atoms with Crippen LogP contribution in [0.15, 0.2) is 42.5 Å². The van der Waals surface area contributed by atoms with Crippen molar-refractivity contribution in [3.8, 4) is 11.8 Å². The maximum absolute atomic E-state index is 11.8. The van der Waals surface area contributed by atoms with E-state index in [1.165, 1.54) is 0 Å². The fourth-order valence-corrected chi connectivity index (χ4v) is 1.89. The molecule has 6 heteroatoms. The zero-order chi connectivity index (χ0) is 15.2. The van der Waals surface area contributed by atoms with E-state index < -0.39 is 0 Å². The standard InChI is InChI=1S/C15H10Cl2N2O2/c16-11-3-6-13(17)14(7-11)19-15(20)9-21-12-4-1-10(8-18)2-5-12/h1-7H,9H2,(H,19,20). The molecule has 1 amide bonds. The Kier molecular flexibility index (Phi) is 5.04. The van der Waals surface area contributed by atoms with Gasteiger partial charge >= 0.3 is 0 Å². The van der Waals surface area contributed by atoms with Gasteiger partial charge in [-0.1, -0.05) is 23.2 Å². The summed E-state index contributed by atoms with van der Waals surface area (Å²) in [6.45, 7) is -0.172. The second kappa shape index (κ2) is 6.98. The van der Waals surface area contributed by atoms with Crippen LogP contribution in [0, 0.1) is 11.3 Å². The van der Waals surface area contributed by atoms with Gasteiger partial charge < -0.3 is 10.1 Å². The molecule has 2 aromatic rings. The van der Waals surface area contributed by atoms with Crippen molar-refractivity contribution in [1.29, 1.82) is 5.26 Å². The quantitative estimate of drug-likeness (QED) is 0.929. The highest BCUT2D eigenvalue weighted by Gasteiger charge is 2.07. The summed E-state index contributed by atoms with van der Waals surface area (Å²) in [6, 6.07) is 13.3. The third-order valence-corrected chi connectivity index (χ3v) is 3.12. The Bertz CT molecular complexity index is 694. The van der Waals surface area contributed by atoms with Gasteiger partial charge in [0.05, 0.1) is 22.3 Å². The number of anilines is 1. The molecule has 0 saturated heterocycles. The van der Waals surface area contributed by atoms with Gasteiger partial charge in [-0.2, -0.15) is 5.26 Å². The first-order chi connectivity index (χ1) is 10.1. The van der Waals surface area contributed by atoms with Gasteiger partial charge in [-0.25, -0.2) is 0 Å². The number of amides is 1. The summed E-state index contributed by atoms with van der Waals surface area (Å²) in [5, 5.41) is 12.2. The molecule has 106 valence electrons. The van der Waals surface area contributed by atoms with Crippen LogP contribution in [0.1, 0.15) is 5.56 Å². The highest BCUT2D eigenvalue weighted by atomic mass is 35.5. The number of nitriles is 1. The molecule has 0 spiro atoms. The van der Waals surface area contributed by atoms with Crippen LogP contribution in [0.2, 0.25) is 10.0 Å². The minimum atomic E-state index is -0.358. The van der Waals surface area contributed by atoms with Crippen LogP contribution in [-0.2, 0) is 4.79 Å². The Hall–Kier alpha value is -2.22. The predicted molar refractivity (Wildman–Crippen MR) is 81.7 cm³/mol. The molecule has 0 aliphatic rings. The lowest BCUT2D eigenvalue weighted by Crippen LogP contribution is -2.20. The second-order valence-electron chi connectivity index (χ2n) is 4.10. The molecule has 0 unspecified atom stereocenters. The smallest absolute Gasteiger partial charge is 0.262 e. The van der Waals surface area contributed by atoms with Crippen molar-refractivity contribution in [3.05, 3.63) is 58.1 Å². The second-order valence-corrected chi connectivity index (χ2v) is 4.94. The van der Waals surface area contributed by atoms with E-state index >= 15 is 0 Å². The number of carbonyl (C=O) groups is 1. The van der Waals surface area contributed by atoms with Crippen LogP contribution in [0.3, 0.4) is 0 Å². The number of nitrogens with zero attached hydrogens (tertiary/aromatic N) is 1. The molecule has 0 heterocycles. The highest BCUT2D eigenvalue weighted by Crippen LogP contribution is 2.25. The van der Waals surface area contributed by atoms with E-state index in [4.69, 9.17) is 33.2 Å². The fraction of sp³-hybridized carbons (Fsp3) is 0.0667. The van der Waals surface area contributed by atoms with E-state index in [1.807, 2.05) is 6.07 Å². The molecule has 0 aromatic heterocycles. The third kappa shape index (κ3) is 4.38. The molecule has 1 N–H and O–H groups in total. The van der Waals surface area contributed by atoms with Crippen LogP contribution in [0.25, 0.3) is 0 Å². The maximum Gasteiger partial charge on any atom is 0.262 e. The maximum atomic E-state index is 11.8. The molecule has 2 rings (SSSR count). The minimum Gasteiger partial charge on any atom is -0.484 e. The lowest BCUT2D eigenvalue weighted by Gasteiger charge is -2.09. The fourth-order valence-electron chi connectivity index (χ4n) is 1.55. The molecule has 0 radical (unpaired) electrons. The van der Waals surface area contributed by atoms with Gasteiger partial charge in [-0.3, -0.25) is 4.79 Å². The summed E-state index contributed by atoms with van der Waals surface area (Å²) >= 11 is 11.8. The van der Waals surface area contributed by atoms with Gasteiger partial charge in [0.1, 0.15) is 5.75 Å². The largest absolute Gasteiger partial charge is 0.484 e. The predicted octanol–water partition coefficient (Wildman–Crippen LogP) is 3.88. The summed E-state index contributed by atoms with van der Waals surface area (Å²) in [4.78, 5) is 11.8. The van der Waals surface area contributed by atoms with Crippen LogP contribution < -0.4 is 10.1 Å². The molecule has 0 atom stereocenters. The Labute approximate surface area is 131 Å². The summed E-state index contributed by atoms with van der Waals surface area (Å²) in [7, 11) is 0.